The van der Waals surface area contributed by atoms with E-state index < -0.39 is 0 Å². The molecule has 0 bridgehead atoms. The maximum absolute atomic E-state index is 12.9. The van der Waals surface area contributed by atoms with Crippen molar-refractivity contribution in [2.45, 2.75) is 31.8 Å². The first kappa shape index (κ1) is 19.2. The van der Waals surface area contributed by atoms with Crippen LogP contribution in [0, 0.1) is 5.92 Å². The summed E-state index contributed by atoms with van der Waals surface area (Å²) in [5.74, 6) is 1.08. The van der Waals surface area contributed by atoms with Gasteiger partial charge in [0.25, 0.3) is 0 Å². The van der Waals surface area contributed by atoms with Crippen LogP contribution in [0.4, 0.5) is 5.82 Å². The van der Waals surface area contributed by atoms with E-state index in [1.54, 1.807) is 6.20 Å². The normalized spacial score (nSPS) is 23.0. The van der Waals surface area contributed by atoms with Crippen LogP contribution in [0.15, 0.2) is 48.7 Å². The molecule has 2 atom stereocenters. The molecular weight excluding hydrogens is 372 g/mol. The predicted molar refractivity (Wildman–Crippen MR) is 112 cm³/mol. The van der Waals surface area contributed by atoms with E-state index in [1.807, 2.05) is 18.2 Å². The Bertz CT molecular complexity index is 800. The number of aromatic nitrogens is 1. The molecule has 28 heavy (non-hydrogen) atoms. The SMILES string of the molecule is O=C(NC1CCN(c2ncccc2Cl)C1)C1CCCN(Cc2ccccc2)C1. The van der Waals surface area contributed by atoms with Crippen molar-refractivity contribution in [1.29, 1.82) is 0 Å². The molecule has 1 N–H and O–H groups in total. The minimum atomic E-state index is 0.0740. The fourth-order valence-electron chi connectivity index (χ4n) is 4.25. The first-order chi connectivity index (χ1) is 13.7. The molecule has 148 valence electrons. The third-order valence-corrected chi connectivity index (χ3v) is 5.99. The Morgan fingerprint density at radius 1 is 1.11 bits per heavy atom. The topological polar surface area (TPSA) is 48.5 Å². The number of carbonyl (C=O) groups excluding carboxylic acids is 1. The fraction of sp³-hybridized carbons (Fsp3) is 0.455. The molecule has 0 saturated carbocycles. The zero-order valence-corrected chi connectivity index (χ0v) is 16.8. The molecule has 2 aliphatic rings. The molecule has 0 aliphatic carbocycles. The van der Waals surface area contributed by atoms with Gasteiger partial charge in [-0.05, 0) is 43.5 Å². The van der Waals surface area contributed by atoms with Crippen LogP contribution in [0.5, 0.6) is 0 Å². The van der Waals surface area contributed by atoms with Crippen LogP contribution in [0.2, 0.25) is 5.02 Å². The molecule has 2 aliphatic heterocycles. The lowest BCUT2D eigenvalue weighted by Gasteiger charge is -2.32. The maximum atomic E-state index is 12.9. The summed E-state index contributed by atoms with van der Waals surface area (Å²) in [5.41, 5.74) is 1.31. The number of nitrogens with zero attached hydrogens (tertiary/aromatic N) is 3. The number of pyridine rings is 1. The average molecular weight is 399 g/mol. The average Bonchev–Trinajstić information content (AvgIpc) is 3.17. The van der Waals surface area contributed by atoms with Crippen LogP contribution in [0.25, 0.3) is 0 Å². The molecule has 3 heterocycles. The van der Waals surface area contributed by atoms with Crippen molar-refractivity contribution < 1.29 is 4.79 Å². The lowest BCUT2D eigenvalue weighted by atomic mass is 9.96. The molecular formula is C22H27ClN4O. The van der Waals surface area contributed by atoms with E-state index in [2.05, 4.69) is 44.4 Å². The van der Waals surface area contributed by atoms with E-state index in [-0.39, 0.29) is 17.9 Å². The van der Waals surface area contributed by atoms with Gasteiger partial charge in [-0.3, -0.25) is 9.69 Å². The highest BCUT2D eigenvalue weighted by Gasteiger charge is 2.30. The molecule has 2 fully saturated rings. The van der Waals surface area contributed by atoms with Gasteiger partial charge in [-0.15, -0.1) is 0 Å². The highest BCUT2D eigenvalue weighted by Crippen LogP contribution is 2.26. The van der Waals surface area contributed by atoms with E-state index >= 15 is 0 Å². The number of likely N-dealkylation sites (tertiary alicyclic amines) is 1. The number of anilines is 1. The molecule has 0 spiro atoms. The van der Waals surface area contributed by atoms with Crippen molar-refractivity contribution in [2.24, 2.45) is 5.92 Å². The molecule has 4 rings (SSSR count). The second-order valence-corrected chi connectivity index (χ2v) is 8.22. The first-order valence-electron chi connectivity index (χ1n) is 10.1. The Morgan fingerprint density at radius 2 is 1.96 bits per heavy atom. The van der Waals surface area contributed by atoms with Gasteiger partial charge >= 0.3 is 0 Å². The summed E-state index contributed by atoms with van der Waals surface area (Å²) >= 11 is 6.26. The van der Waals surface area contributed by atoms with Crippen molar-refractivity contribution in [1.82, 2.24) is 15.2 Å². The molecule has 2 unspecified atom stereocenters. The standard InChI is InChI=1S/C22H27ClN4O/c23-20-9-4-11-24-21(20)27-13-10-19(16-27)25-22(28)18-8-5-12-26(15-18)14-17-6-2-1-3-7-17/h1-4,6-7,9,11,18-19H,5,8,10,12-16H2,(H,25,28). The van der Waals surface area contributed by atoms with Crippen molar-refractivity contribution in [3.8, 4) is 0 Å². The fourth-order valence-corrected chi connectivity index (χ4v) is 4.50. The number of rotatable bonds is 5. The van der Waals surface area contributed by atoms with Crippen molar-refractivity contribution in [2.75, 3.05) is 31.1 Å². The summed E-state index contributed by atoms with van der Waals surface area (Å²) in [6.45, 7) is 4.45. The highest BCUT2D eigenvalue weighted by molar-refractivity contribution is 6.32. The number of amides is 1. The van der Waals surface area contributed by atoms with Crippen molar-refractivity contribution in [3.05, 3.63) is 59.2 Å². The van der Waals surface area contributed by atoms with E-state index in [0.717, 1.165) is 57.8 Å². The third kappa shape index (κ3) is 4.65. The molecule has 1 aromatic carbocycles. The van der Waals surface area contributed by atoms with E-state index in [0.29, 0.717) is 5.02 Å². The lowest BCUT2D eigenvalue weighted by molar-refractivity contribution is -0.127. The third-order valence-electron chi connectivity index (χ3n) is 5.70. The highest BCUT2D eigenvalue weighted by atomic mass is 35.5. The molecule has 2 saturated heterocycles. The van der Waals surface area contributed by atoms with Gasteiger partial charge in [-0.2, -0.15) is 0 Å². The minimum Gasteiger partial charge on any atom is -0.353 e. The smallest absolute Gasteiger partial charge is 0.224 e. The number of halogens is 1. The van der Waals surface area contributed by atoms with Gasteiger partial charge in [0.05, 0.1) is 10.9 Å². The number of piperidine rings is 1. The number of nitrogens with one attached hydrogen (secondary N) is 1. The quantitative estimate of drug-likeness (QED) is 0.839. The van der Waals surface area contributed by atoms with Crippen molar-refractivity contribution >= 4 is 23.3 Å². The zero-order valence-electron chi connectivity index (χ0n) is 16.1. The van der Waals surface area contributed by atoms with Crippen LogP contribution in [-0.4, -0.2) is 48.0 Å². The summed E-state index contributed by atoms with van der Waals surface area (Å²) in [4.78, 5) is 21.8. The second kappa shape index (κ2) is 8.93. The van der Waals surface area contributed by atoms with Crippen LogP contribution in [0.1, 0.15) is 24.8 Å². The van der Waals surface area contributed by atoms with E-state index in [1.165, 1.54) is 5.56 Å². The summed E-state index contributed by atoms with van der Waals surface area (Å²) < 4.78 is 0. The van der Waals surface area contributed by atoms with Gasteiger partial charge in [0.15, 0.2) is 0 Å². The Hall–Kier alpha value is -2.11. The summed E-state index contributed by atoms with van der Waals surface area (Å²) in [6.07, 6.45) is 4.74. The van der Waals surface area contributed by atoms with Crippen LogP contribution < -0.4 is 10.2 Å². The van der Waals surface area contributed by atoms with Gasteiger partial charge in [-0.25, -0.2) is 4.98 Å². The molecule has 0 radical (unpaired) electrons. The van der Waals surface area contributed by atoms with Crippen LogP contribution in [-0.2, 0) is 11.3 Å². The van der Waals surface area contributed by atoms with Gasteiger partial charge in [0.2, 0.25) is 5.91 Å². The van der Waals surface area contributed by atoms with Gasteiger partial charge < -0.3 is 10.2 Å². The van der Waals surface area contributed by atoms with Gasteiger partial charge in [0, 0.05) is 38.4 Å². The minimum absolute atomic E-state index is 0.0740. The largest absolute Gasteiger partial charge is 0.353 e. The number of benzene rings is 1. The Balaban J connectivity index is 1.29. The van der Waals surface area contributed by atoms with Gasteiger partial charge in [0.1, 0.15) is 5.82 Å². The Kier molecular flexibility index (Phi) is 6.13. The van der Waals surface area contributed by atoms with Crippen LogP contribution in [0.3, 0.4) is 0 Å². The van der Waals surface area contributed by atoms with Crippen molar-refractivity contribution in [3.63, 3.8) is 0 Å². The molecule has 5 nitrogen and oxygen atoms in total. The number of hydrogen-bond acceptors (Lipinski definition) is 4. The summed E-state index contributed by atoms with van der Waals surface area (Å²) in [6, 6.07) is 14.4. The summed E-state index contributed by atoms with van der Waals surface area (Å²) in [7, 11) is 0. The summed E-state index contributed by atoms with van der Waals surface area (Å²) in [5, 5.41) is 3.94. The molecule has 2 aromatic rings. The maximum Gasteiger partial charge on any atom is 0.224 e. The number of hydrogen-bond donors (Lipinski definition) is 1. The van der Waals surface area contributed by atoms with Gasteiger partial charge in [-0.1, -0.05) is 41.9 Å². The van der Waals surface area contributed by atoms with Crippen LogP contribution >= 0.6 is 11.6 Å². The Morgan fingerprint density at radius 3 is 2.79 bits per heavy atom. The first-order valence-corrected chi connectivity index (χ1v) is 10.5. The molecule has 1 amide bonds. The van der Waals surface area contributed by atoms with E-state index in [4.69, 9.17) is 11.6 Å². The lowest BCUT2D eigenvalue weighted by Crippen LogP contribution is -2.46. The molecule has 6 heteroatoms. The predicted octanol–water partition coefficient (Wildman–Crippen LogP) is 3.34. The number of carbonyl (C=O) groups is 1. The monoisotopic (exact) mass is 398 g/mol. The molecule has 1 aromatic heterocycles. The zero-order chi connectivity index (χ0) is 19.3. The van der Waals surface area contributed by atoms with E-state index in [9.17, 15) is 4.79 Å². The Labute approximate surface area is 171 Å². The second-order valence-electron chi connectivity index (χ2n) is 7.81.